The average molecular weight is 304 g/mol. The van der Waals surface area contributed by atoms with E-state index >= 15 is 0 Å². The molecule has 6 nitrogen and oxygen atoms in total. The monoisotopic (exact) mass is 304 g/mol. The molecule has 0 aliphatic carbocycles. The summed E-state index contributed by atoms with van der Waals surface area (Å²) in [4.78, 5) is 20.7. The molecule has 0 unspecified atom stereocenters. The molecule has 1 amide bonds. The summed E-state index contributed by atoms with van der Waals surface area (Å²) in [6, 6.07) is 10.3. The topological polar surface area (TPSA) is 91.8 Å². The molecule has 3 aromatic rings. The van der Waals surface area contributed by atoms with Crippen LogP contribution < -0.4 is 5.32 Å². The zero-order chi connectivity index (χ0) is 16.1. The molecule has 2 heterocycles. The molecule has 0 fully saturated rings. The number of hydrogen-bond acceptors (Lipinski definition) is 5. The minimum Gasteiger partial charge on any atom is -0.472 e. The van der Waals surface area contributed by atoms with Crippen molar-refractivity contribution >= 4 is 5.91 Å². The van der Waals surface area contributed by atoms with Crippen LogP contribution in [0.4, 0.5) is 0 Å². The van der Waals surface area contributed by atoms with Gasteiger partial charge in [-0.1, -0.05) is 6.07 Å². The number of nitrogens with one attached hydrogen (secondary N) is 1. The molecule has 0 bridgehead atoms. The van der Waals surface area contributed by atoms with Gasteiger partial charge in [0.1, 0.15) is 0 Å². The van der Waals surface area contributed by atoms with Crippen molar-refractivity contribution in [3.05, 3.63) is 72.1 Å². The van der Waals surface area contributed by atoms with E-state index in [1.165, 1.54) is 0 Å². The Morgan fingerprint density at radius 1 is 1.26 bits per heavy atom. The molecule has 0 saturated carbocycles. The number of benzene rings is 1. The summed E-state index contributed by atoms with van der Waals surface area (Å²) >= 11 is 0. The van der Waals surface area contributed by atoms with Crippen LogP contribution in [0.2, 0.25) is 0 Å². The van der Waals surface area contributed by atoms with Crippen molar-refractivity contribution in [2.45, 2.75) is 6.54 Å². The molecule has 0 radical (unpaired) electrons. The number of carbonyl (C=O) groups excluding carboxylic acids is 1. The number of hydrogen-bond donors (Lipinski definition) is 1. The number of nitrogens with zero attached hydrogens (tertiary/aromatic N) is 3. The fourth-order valence-corrected chi connectivity index (χ4v) is 2.13. The van der Waals surface area contributed by atoms with E-state index in [1.807, 2.05) is 6.07 Å². The van der Waals surface area contributed by atoms with Crippen molar-refractivity contribution < 1.29 is 9.21 Å². The molecule has 3 rings (SSSR count). The van der Waals surface area contributed by atoms with Gasteiger partial charge >= 0.3 is 0 Å². The van der Waals surface area contributed by atoms with E-state index in [0.29, 0.717) is 22.5 Å². The first-order valence-electron chi connectivity index (χ1n) is 6.89. The lowest BCUT2D eigenvalue weighted by molar-refractivity contribution is 0.0950. The summed E-state index contributed by atoms with van der Waals surface area (Å²) in [5.41, 5.74) is 2.97. The van der Waals surface area contributed by atoms with Crippen LogP contribution in [-0.4, -0.2) is 15.9 Å². The maximum atomic E-state index is 12.2. The second-order valence-corrected chi connectivity index (χ2v) is 4.74. The maximum absolute atomic E-state index is 12.2. The standard InChI is InChI=1S/C17H12N4O2/c18-9-12-2-1-3-13(8-12)17(22)21-10-15-16(20-6-5-19-15)14-4-7-23-11-14/h1-8,11H,10H2,(H,21,22). The van der Waals surface area contributed by atoms with Crippen LogP contribution in [0.3, 0.4) is 0 Å². The van der Waals surface area contributed by atoms with Crippen LogP contribution in [0.5, 0.6) is 0 Å². The summed E-state index contributed by atoms with van der Waals surface area (Å²) in [5, 5.41) is 11.7. The highest BCUT2D eigenvalue weighted by molar-refractivity contribution is 5.94. The molecule has 112 valence electrons. The van der Waals surface area contributed by atoms with Gasteiger partial charge in [-0.05, 0) is 24.3 Å². The van der Waals surface area contributed by atoms with E-state index in [9.17, 15) is 4.79 Å². The molecular formula is C17H12N4O2. The molecule has 0 saturated heterocycles. The average Bonchev–Trinajstić information content (AvgIpc) is 3.14. The first-order chi connectivity index (χ1) is 11.3. The smallest absolute Gasteiger partial charge is 0.251 e. The van der Waals surface area contributed by atoms with E-state index in [4.69, 9.17) is 9.68 Å². The van der Waals surface area contributed by atoms with Gasteiger partial charge in [-0.2, -0.15) is 5.26 Å². The van der Waals surface area contributed by atoms with Gasteiger partial charge in [0.25, 0.3) is 5.91 Å². The van der Waals surface area contributed by atoms with E-state index in [-0.39, 0.29) is 12.5 Å². The van der Waals surface area contributed by atoms with Crippen molar-refractivity contribution in [3.8, 4) is 17.3 Å². The predicted octanol–water partition coefficient (Wildman–Crippen LogP) is 2.54. The molecule has 1 N–H and O–H groups in total. The zero-order valence-corrected chi connectivity index (χ0v) is 12.1. The van der Waals surface area contributed by atoms with Gasteiger partial charge in [0, 0.05) is 23.5 Å². The summed E-state index contributed by atoms with van der Waals surface area (Å²) in [7, 11) is 0. The number of amides is 1. The summed E-state index contributed by atoms with van der Waals surface area (Å²) in [6.45, 7) is 0.226. The normalized spacial score (nSPS) is 10.0. The Hall–Kier alpha value is -3.46. The summed E-state index contributed by atoms with van der Waals surface area (Å²) in [5.74, 6) is -0.272. The quantitative estimate of drug-likeness (QED) is 0.799. The molecule has 23 heavy (non-hydrogen) atoms. The van der Waals surface area contributed by atoms with E-state index < -0.39 is 0 Å². The third kappa shape index (κ3) is 3.24. The highest BCUT2D eigenvalue weighted by Gasteiger charge is 2.11. The molecule has 2 aromatic heterocycles. The van der Waals surface area contributed by atoms with Gasteiger partial charge in [-0.3, -0.25) is 14.8 Å². The fraction of sp³-hybridized carbons (Fsp3) is 0.0588. The van der Waals surface area contributed by atoms with Crippen LogP contribution in [-0.2, 0) is 6.54 Å². The van der Waals surface area contributed by atoms with Gasteiger partial charge < -0.3 is 9.73 Å². The lowest BCUT2D eigenvalue weighted by atomic mass is 10.1. The van der Waals surface area contributed by atoms with Crippen LogP contribution >= 0.6 is 0 Å². The highest BCUT2D eigenvalue weighted by Crippen LogP contribution is 2.19. The van der Waals surface area contributed by atoms with Gasteiger partial charge in [-0.25, -0.2) is 0 Å². The summed E-state index contributed by atoms with van der Waals surface area (Å²) < 4.78 is 5.06. The minimum absolute atomic E-state index is 0.226. The Labute approximate surface area is 132 Å². The van der Waals surface area contributed by atoms with E-state index in [2.05, 4.69) is 15.3 Å². The van der Waals surface area contributed by atoms with Gasteiger partial charge in [0.05, 0.1) is 42.1 Å². The van der Waals surface area contributed by atoms with Crippen molar-refractivity contribution in [2.24, 2.45) is 0 Å². The van der Waals surface area contributed by atoms with Gasteiger partial charge in [0.15, 0.2) is 0 Å². The van der Waals surface area contributed by atoms with Crippen LogP contribution in [0.25, 0.3) is 11.3 Å². The predicted molar refractivity (Wildman–Crippen MR) is 82.1 cm³/mol. The first-order valence-corrected chi connectivity index (χ1v) is 6.89. The van der Waals surface area contributed by atoms with Gasteiger partial charge in [0.2, 0.25) is 0 Å². The number of nitriles is 1. The van der Waals surface area contributed by atoms with E-state index in [1.54, 1.807) is 55.3 Å². The highest BCUT2D eigenvalue weighted by atomic mass is 16.3. The Bertz CT molecular complexity index is 866. The molecule has 0 spiro atoms. The Morgan fingerprint density at radius 3 is 2.91 bits per heavy atom. The summed E-state index contributed by atoms with van der Waals surface area (Å²) in [6.07, 6.45) is 6.29. The Morgan fingerprint density at radius 2 is 2.13 bits per heavy atom. The molecule has 0 aliphatic heterocycles. The first kappa shape index (κ1) is 14.5. The van der Waals surface area contributed by atoms with Gasteiger partial charge in [-0.15, -0.1) is 0 Å². The number of carbonyl (C=O) groups is 1. The second kappa shape index (κ2) is 6.54. The molecule has 0 atom stereocenters. The molecule has 0 aliphatic rings. The fourth-order valence-electron chi connectivity index (χ4n) is 2.13. The number of rotatable bonds is 4. The van der Waals surface area contributed by atoms with Crippen molar-refractivity contribution in [1.82, 2.24) is 15.3 Å². The van der Waals surface area contributed by atoms with Crippen molar-refractivity contribution in [3.63, 3.8) is 0 Å². The third-order valence-corrected chi connectivity index (χ3v) is 3.24. The minimum atomic E-state index is -0.272. The molecule has 1 aromatic carbocycles. The van der Waals surface area contributed by atoms with Crippen LogP contribution in [0.15, 0.2) is 59.7 Å². The van der Waals surface area contributed by atoms with Crippen molar-refractivity contribution in [2.75, 3.05) is 0 Å². The third-order valence-electron chi connectivity index (χ3n) is 3.24. The van der Waals surface area contributed by atoms with Crippen LogP contribution in [0, 0.1) is 11.3 Å². The molecule has 6 heteroatoms. The van der Waals surface area contributed by atoms with E-state index in [0.717, 1.165) is 5.56 Å². The van der Waals surface area contributed by atoms with Crippen molar-refractivity contribution in [1.29, 1.82) is 5.26 Å². The number of aromatic nitrogens is 2. The molecular weight excluding hydrogens is 292 g/mol. The lowest BCUT2D eigenvalue weighted by Gasteiger charge is -2.08. The SMILES string of the molecule is N#Cc1cccc(C(=O)NCc2nccnc2-c2ccoc2)c1. The maximum Gasteiger partial charge on any atom is 0.251 e. The second-order valence-electron chi connectivity index (χ2n) is 4.74. The Balaban J connectivity index is 1.76. The number of furan rings is 1. The lowest BCUT2D eigenvalue weighted by Crippen LogP contribution is -2.23. The van der Waals surface area contributed by atoms with Crippen LogP contribution in [0.1, 0.15) is 21.6 Å². The largest absolute Gasteiger partial charge is 0.472 e. The Kier molecular flexibility index (Phi) is 4.11. The zero-order valence-electron chi connectivity index (χ0n) is 12.1.